The Labute approximate surface area is 115 Å². The summed E-state index contributed by atoms with van der Waals surface area (Å²) in [6, 6.07) is 4.20. The minimum atomic E-state index is -0.292. The van der Waals surface area contributed by atoms with Gasteiger partial charge in [-0.2, -0.15) is 0 Å². The van der Waals surface area contributed by atoms with Gasteiger partial charge in [-0.3, -0.25) is 0 Å². The van der Waals surface area contributed by atoms with Crippen LogP contribution in [0.4, 0.5) is 0 Å². The minimum Gasteiger partial charge on any atom is -0.398 e. The predicted octanol–water partition coefficient (Wildman–Crippen LogP) is 1.71. The third kappa shape index (κ3) is 2.04. The molecule has 1 aromatic rings. The summed E-state index contributed by atoms with van der Waals surface area (Å²) in [5.41, 5.74) is 1.71. The molecule has 5 heteroatoms. The fourth-order valence-corrected chi connectivity index (χ4v) is 2.58. The van der Waals surface area contributed by atoms with Gasteiger partial charge in [0, 0.05) is 17.8 Å². The molecule has 0 N–H and O–H groups in total. The summed E-state index contributed by atoms with van der Waals surface area (Å²) >= 11 is 0. The van der Waals surface area contributed by atoms with Crippen molar-refractivity contribution in [1.29, 1.82) is 0 Å². The summed E-state index contributed by atoms with van der Waals surface area (Å²) in [6.07, 6.45) is 0.237. The Kier molecular flexibility index (Phi) is 2.86. The lowest BCUT2D eigenvalue weighted by Crippen LogP contribution is -2.42. The van der Waals surface area contributed by atoms with E-state index in [0.717, 1.165) is 12.1 Å². The van der Waals surface area contributed by atoms with Crippen molar-refractivity contribution in [3.63, 3.8) is 0 Å². The van der Waals surface area contributed by atoms with E-state index in [4.69, 9.17) is 14.0 Å². The SMILES string of the molecule is CC1Cn2c(ccc2B2OC(C)(C)C(C)(C)O2)CO1. The molecular weight excluding hydrogens is 241 g/mol. The van der Waals surface area contributed by atoms with Gasteiger partial charge in [-0.05, 0) is 46.8 Å². The summed E-state index contributed by atoms with van der Waals surface area (Å²) in [6.45, 7) is 12.0. The second kappa shape index (κ2) is 4.11. The van der Waals surface area contributed by atoms with Crippen LogP contribution in [0.5, 0.6) is 0 Å². The number of nitrogens with zero attached hydrogens (tertiary/aromatic N) is 1. The van der Waals surface area contributed by atoms with Gasteiger partial charge in [0.25, 0.3) is 0 Å². The maximum absolute atomic E-state index is 6.13. The number of ether oxygens (including phenoxy) is 1. The lowest BCUT2D eigenvalue weighted by atomic mass is 9.84. The molecule has 1 saturated heterocycles. The van der Waals surface area contributed by atoms with E-state index >= 15 is 0 Å². The first-order chi connectivity index (χ1) is 8.80. The molecule has 0 saturated carbocycles. The van der Waals surface area contributed by atoms with Crippen LogP contribution in [0.25, 0.3) is 0 Å². The van der Waals surface area contributed by atoms with Crippen molar-refractivity contribution in [3.8, 4) is 0 Å². The third-order valence-corrected chi connectivity index (χ3v) is 4.56. The van der Waals surface area contributed by atoms with Gasteiger partial charge in [-0.1, -0.05) is 0 Å². The van der Waals surface area contributed by atoms with Crippen molar-refractivity contribution in [3.05, 3.63) is 17.8 Å². The minimum absolute atomic E-state index is 0.237. The average molecular weight is 263 g/mol. The lowest BCUT2D eigenvalue weighted by molar-refractivity contribution is 0.00578. The zero-order valence-corrected chi connectivity index (χ0v) is 12.4. The molecule has 104 valence electrons. The first-order valence-electron chi connectivity index (χ1n) is 6.96. The van der Waals surface area contributed by atoms with Crippen LogP contribution < -0.4 is 5.59 Å². The molecule has 0 spiro atoms. The maximum Gasteiger partial charge on any atom is 0.512 e. The van der Waals surface area contributed by atoms with Crippen molar-refractivity contribution in [2.45, 2.75) is 65.1 Å². The Morgan fingerprint density at radius 3 is 2.42 bits per heavy atom. The Bertz CT molecular complexity index is 479. The highest BCUT2D eigenvalue weighted by Crippen LogP contribution is 2.36. The molecule has 2 aliphatic rings. The van der Waals surface area contributed by atoms with Crippen LogP contribution in [-0.2, 0) is 27.2 Å². The van der Waals surface area contributed by atoms with E-state index in [9.17, 15) is 0 Å². The molecule has 0 amide bonds. The van der Waals surface area contributed by atoms with E-state index in [2.05, 4.69) is 51.3 Å². The van der Waals surface area contributed by atoms with Crippen LogP contribution in [0.1, 0.15) is 40.3 Å². The number of hydrogen-bond donors (Lipinski definition) is 0. The van der Waals surface area contributed by atoms with E-state index in [-0.39, 0.29) is 24.4 Å². The fourth-order valence-electron chi connectivity index (χ4n) is 2.58. The largest absolute Gasteiger partial charge is 0.512 e. The Balaban J connectivity index is 1.91. The molecule has 3 heterocycles. The molecule has 1 unspecified atom stereocenters. The fraction of sp³-hybridized carbons (Fsp3) is 0.714. The third-order valence-electron chi connectivity index (χ3n) is 4.56. The zero-order chi connectivity index (χ0) is 13.8. The normalized spacial score (nSPS) is 28.5. The van der Waals surface area contributed by atoms with E-state index in [1.54, 1.807) is 0 Å². The van der Waals surface area contributed by atoms with Gasteiger partial charge in [0.1, 0.15) is 0 Å². The molecule has 0 radical (unpaired) electrons. The topological polar surface area (TPSA) is 32.6 Å². The van der Waals surface area contributed by atoms with E-state index in [0.29, 0.717) is 6.61 Å². The molecule has 4 nitrogen and oxygen atoms in total. The van der Waals surface area contributed by atoms with Crippen LogP contribution in [0, 0.1) is 0 Å². The van der Waals surface area contributed by atoms with Crippen molar-refractivity contribution in [2.75, 3.05) is 0 Å². The van der Waals surface area contributed by atoms with Crippen LogP contribution in [-0.4, -0.2) is 29.0 Å². The van der Waals surface area contributed by atoms with E-state index in [1.807, 2.05) is 0 Å². The average Bonchev–Trinajstić information content (AvgIpc) is 2.77. The summed E-state index contributed by atoms with van der Waals surface area (Å²) in [4.78, 5) is 0. The van der Waals surface area contributed by atoms with Crippen LogP contribution >= 0.6 is 0 Å². The number of fused-ring (bicyclic) bond motifs is 1. The zero-order valence-electron chi connectivity index (χ0n) is 12.4. The first-order valence-corrected chi connectivity index (χ1v) is 6.96. The molecule has 1 aromatic heterocycles. The Morgan fingerprint density at radius 1 is 1.16 bits per heavy atom. The quantitative estimate of drug-likeness (QED) is 0.723. The van der Waals surface area contributed by atoms with Crippen molar-refractivity contribution in [2.24, 2.45) is 0 Å². The van der Waals surface area contributed by atoms with Gasteiger partial charge >= 0.3 is 7.12 Å². The highest BCUT2D eigenvalue weighted by molar-refractivity contribution is 6.61. The lowest BCUT2D eigenvalue weighted by Gasteiger charge is -2.32. The van der Waals surface area contributed by atoms with Crippen LogP contribution in [0.15, 0.2) is 12.1 Å². The molecule has 1 atom stereocenters. The van der Waals surface area contributed by atoms with E-state index < -0.39 is 0 Å². The first kappa shape index (κ1) is 13.2. The monoisotopic (exact) mass is 263 g/mol. The summed E-state index contributed by atoms with van der Waals surface area (Å²) in [7, 11) is -0.288. The van der Waals surface area contributed by atoms with Crippen LogP contribution in [0.2, 0.25) is 0 Å². The number of rotatable bonds is 1. The number of aromatic nitrogens is 1. The van der Waals surface area contributed by atoms with Crippen molar-refractivity contribution >= 4 is 12.7 Å². The second-order valence-corrected chi connectivity index (χ2v) is 6.57. The maximum atomic E-state index is 6.13. The van der Waals surface area contributed by atoms with Crippen LogP contribution in [0.3, 0.4) is 0 Å². The molecule has 19 heavy (non-hydrogen) atoms. The van der Waals surface area contributed by atoms with Gasteiger partial charge in [0.2, 0.25) is 0 Å². The standard InChI is InChI=1S/C14H22BNO3/c1-10-8-16-11(9-17-10)6-7-12(16)15-18-13(2,3)14(4,5)19-15/h6-7,10H,8-9H2,1-5H3. The van der Waals surface area contributed by atoms with E-state index in [1.165, 1.54) is 5.69 Å². The van der Waals surface area contributed by atoms with Crippen molar-refractivity contribution in [1.82, 2.24) is 4.57 Å². The molecule has 1 fully saturated rings. The highest BCUT2D eigenvalue weighted by atomic mass is 16.7. The summed E-state index contributed by atoms with van der Waals surface area (Å²) < 4.78 is 20.2. The highest BCUT2D eigenvalue weighted by Gasteiger charge is 2.52. The Hall–Kier alpha value is -0.775. The second-order valence-electron chi connectivity index (χ2n) is 6.57. The Morgan fingerprint density at radius 2 is 1.79 bits per heavy atom. The van der Waals surface area contributed by atoms with Gasteiger partial charge in [0.15, 0.2) is 0 Å². The molecule has 3 rings (SSSR count). The number of hydrogen-bond acceptors (Lipinski definition) is 3. The molecule has 0 aromatic carbocycles. The summed E-state index contributed by atoms with van der Waals surface area (Å²) in [5.74, 6) is 0. The van der Waals surface area contributed by atoms with Gasteiger partial charge in [0.05, 0.1) is 23.9 Å². The van der Waals surface area contributed by atoms with Gasteiger partial charge in [-0.15, -0.1) is 0 Å². The summed E-state index contributed by atoms with van der Waals surface area (Å²) in [5, 5.41) is 0. The van der Waals surface area contributed by atoms with Gasteiger partial charge in [-0.25, -0.2) is 0 Å². The molecule has 0 aliphatic carbocycles. The van der Waals surface area contributed by atoms with Crippen molar-refractivity contribution < 1.29 is 14.0 Å². The smallest absolute Gasteiger partial charge is 0.398 e. The molecular formula is C14H22BNO3. The van der Waals surface area contributed by atoms with Gasteiger partial charge < -0.3 is 18.6 Å². The molecule has 2 aliphatic heterocycles. The molecule has 0 bridgehead atoms. The predicted molar refractivity (Wildman–Crippen MR) is 74.4 cm³/mol.